The number of fused-ring (bicyclic) bond motifs is 1. The number of benzene rings is 2. The van der Waals surface area contributed by atoms with Crippen LogP contribution < -0.4 is 4.74 Å². The lowest BCUT2D eigenvalue weighted by Crippen LogP contribution is -2.35. The van der Waals surface area contributed by atoms with Crippen LogP contribution in [0.25, 0.3) is 0 Å². The number of carboxylic acids is 1. The molecule has 1 unspecified atom stereocenters. The van der Waals surface area contributed by atoms with Crippen molar-refractivity contribution in [3.05, 3.63) is 69.3 Å². The average Bonchev–Trinajstić information content (AvgIpc) is 2.99. The summed E-state index contributed by atoms with van der Waals surface area (Å²) in [5.74, 6) is -1.08. The minimum absolute atomic E-state index is 0.0146. The van der Waals surface area contributed by atoms with Crippen molar-refractivity contribution in [2.45, 2.75) is 38.2 Å². The summed E-state index contributed by atoms with van der Waals surface area (Å²) < 4.78 is 6.02. The number of aromatic carboxylic acids is 1. The van der Waals surface area contributed by atoms with Gasteiger partial charge in [-0.3, -0.25) is 10.1 Å². The van der Waals surface area contributed by atoms with Crippen molar-refractivity contribution in [3.63, 3.8) is 0 Å². The number of hydrogen-bond donors (Lipinski definition) is 1. The second-order valence-corrected chi connectivity index (χ2v) is 6.74. The molecule has 2 aromatic rings. The molecule has 3 rings (SSSR count). The van der Waals surface area contributed by atoms with Crippen LogP contribution in [-0.2, 0) is 6.42 Å². The van der Waals surface area contributed by atoms with E-state index in [1.165, 1.54) is 29.3 Å². The van der Waals surface area contributed by atoms with Crippen LogP contribution in [0.1, 0.15) is 47.7 Å². The molecule has 25 heavy (non-hydrogen) atoms. The molecule has 0 saturated heterocycles. The monoisotopic (exact) mass is 341 g/mol. The zero-order chi connectivity index (χ0) is 18.2. The standard InChI is InChI=1S/C19H19NO5/c1-19(2,15-9-7-12-5-3-4-6-14(12)15)25-17-11-13(18(21)22)8-10-16(17)20(23)24/h3-6,8,10-11,15H,7,9H2,1-2H3,(H,21,22). The Balaban J connectivity index is 1.97. The van der Waals surface area contributed by atoms with Crippen molar-refractivity contribution in [2.24, 2.45) is 0 Å². The third-order valence-corrected chi connectivity index (χ3v) is 4.75. The Morgan fingerprint density at radius 2 is 2.00 bits per heavy atom. The Kier molecular flexibility index (Phi) is 4.20. The predicted molar refractivity (Wildman–Crippen MR) is 92.3 cm³/mol. The van der Waals surface area contributed by atoms with Gasteiger partial charge in [0, 0.05) is 18.1 Å². The van der Waals surface area contributed by atoms with Gasteiger partial charge >= 0.3 is 11.7 Å². The number of ether oxygens (including phenoxy) is 1. The van der Waals surface area contributed by atoms with Gasteiger partial charge in [0.2, 0.25) is 0 Å². The average molecular weight is 341 g/mol. The van der Waals surface area contributed by atoms with Gasteiger partial charge in [-0.25, -0.2) is 4.79 Å². The molecule has 0 amide bonds. The fraction of sp³-hybridized carbons (Fsp3) is 0.316. The number of aryl methyl sites for hydroxylation is 1. The van der Waals surface area contributed by atoms with Gasteiger partial charge in [0.15, 0.2) is 5.75 Å². The Hall–Kier alpha value is -2.89. The lowest BCUT2D eigenvalue weighted by atomic mass is 9.85. The molecule has 0 aromatic heterocycles. The van der Waals surface area contributed by atoms with Crippen molar-refractivity contribution in [3.8, 4) is 5.75 Å². The molecule has 0 heterocycles. The molecule has 130 valence electrons. The minimum atomic E-state index is -1.15. The van der Waals surface area contributed by atoms with Crippen LogP contribution in [0.2, 0.25) is 0 Å². The van der Waals surface area contributed by atoms with E-state index in [1.54, 1.807) is 0 Å². The number of carbonyl (C=O) groups is 1. The van der Waals surface area contributed by atoms with E-state index in [2.05, 4.69) is 12.1 Å². The molecule has 0 fully saturated rings. The van der Waals surface area contributed by atoms with Crippen LogP contribution in [0.5, 0.6) is 5.75 Å². The van der Waals surface area contributed by atoms with Crippen LogP contribution in [0.15, 0.2) is 42.5 Å². The maximum Gasteiger partial charge on any atom is 0.335 e. The predicted octanol–water partition coefficient (Wildman–Crippen LogP) is 4.18. The van der Waals surface area contributed by atoms with Gasteiger partial charge < -0.3 is 9.84 Å². The van der Waals surface area contributed by atoms with E-state index >= 15 is 0 Å². The summed E-state index contributed by atoms with van der Waals surface area (Å²) in [6.07, 6.45) is 1.82. The summed E-state index contributed by atoms with van der Waals surface area (Å²) in [5.41, 5.74) is 1.46. The number of nitro benzene ring substituents is 1. The van der Waals surface area contributed by atoms with E-state index in [9.17, 15) is 14.9 Å². The van der Waals surface area contributed by atoms with E-state index in [0.717, 1.165) is 12.8 Å². The largest absolute Gasteiger partial charge is 0.480 e. The highest BCUT2D eigenvalue weighted by molar-refractivity contribution is 5.88. The number of hydrogen-bond acceptors (Lipinski definition) is 4. The molecule has 1 aliphatic rings. The van der Waals surface area contributed by atoms with Crippen LogP contribution in [0.4, 0.5) is 5.69 Å². The molecule has 0 radical (unpaired) electrons. The van der Waals surface area contributed by atoms with Crippen LogP contribution in [0, 0.1) is 10.1 Å². The van der Waals surface area contributed by atoms with Crippen molar-refractivity contribution in [1.82, 2.24) is 0 Å². The van der Waals surface area contributed by atoms with Gasteiger partial charge in [-0.1, -0.05) is 24.3 Å². The molecule has 2 aromatic carbocycles. The molecule has 1 N–H and O–H groups in total. The number of rotatable bonds is 5. The fourth-order valence-electron chi connectivity index (χ4n) is 3.51. The number of nitrogens with zero attached hydrogens (tertiary/aromatic N) is 1. The minimum Gasteiger partial charge on any atom is -0.480 e. The second kappa shape index (κ2) is 6.20. The van der Waals surface area contributed by atoms with E-state index in [1.807, 2.05) is 26.0 Å². The summed E-state index contributed by atoms with van der Waals surface area (Å²) >= 11 is 0. The second-order valence-electron chi connectivity index (χ2n) is 6.74. The summed E-state index contributed by atoms with van der Waals surface area (Å²) in [7, 11) is 0. The van der Waals surface area contributed by atoms with E-state index in [0.29, 0.717) is 0 Å². The van der Waals surface area contributed by atoms with E-state index in [4.69, 9.17) is 9.84 Å². The highest BCUT2D eigenvalue weighted by atomic mass is 16.6. The van der Waals surface area contributed by atoms with Gasteiger partial charge in [-0.15, -0.1) is 0 Å². The SMILES string of the molecule is CC(C)(Oc1cc(C(=O)O)ccc1[N+](=O)[O-])C1CCc2ccccc21. The fourth-order valence-corrected chi connectivity index (χ4v) is 3.51. The van der Waals surface area contributed by atoms with Gasteiger partial charge in [-0.05, 0) is 43.9 Å². The Morgan fingerprint density at radius 3 is 2.68 bits per heavy atom. The van der Waals surface area contributed by atoms with E-state index < -0.39 is 16.5 Å². The Bertz CT molecular complexity index is 843. The number of nitro groups is 1. The highest BCUT2D eigenvalue weighted by Crippen LogP contribution is 2.43. The van der Waals surface area contributed by atoms with Crippen LogP contribution >= 0.6 is 0 Å². The molecule has 0 spiro atoms. The summed E-state index contributed by atoms with van der Waals surface area (Å²) in [4.78, 5) is 21.9. The summed E-state index contributed by atoms with van der Waals surface area (Å²) in [5, 5.41) is 20.4. The molecule has 1 atom stereocenters. The zero-order valence-electron chi connectivity index (χ0n) is 14.1. The smallest absolute Gasteiger partial charge is 0.335 e. The van der Waals surface area contributed by atoms with Gasteiger partial charge in [0.1, 0.15) is 5.60 Å². The molecular formula is C19H19NO5. The third-order valence-electron chi connectivity index (χ3n) is 4.75. The highest BCUT2D eigenvalue weighted by Gasteiger charge is 2.38. The number of carboxylic acid groups (broad SMARTS) is 1. The van der Waals surface area contributed by atoms with Crippen LogP contribution in [0.3, 0.4) is 0 Å². The van der Waals surface area contributed by atoms with Gasteiger partial charge in [0.25, 0.3) is 0 Å². The quantitative estimate of drug-likeness (QED) is 0.651. The molecule has 0 bridgehead atoms. The van der Waals surface area contributed by atoms with Crippen LogP contribution in [-0.4, -0.2) is 21.6 Å². The molecule has 1 aliphatic carbocycles. The third kappa shape index (κ3) is 3.20. The maximum absolute atomic E-state index is 11.3. The Morgan fingerprint density at radius 1 is 1.28 bits per heavy atom. The molecule has 0 aliphatic heterocycles. The molecular weight excluding hydrogens is 322 g/mol. The van der Waals surface area contributed by atoms with Crippen molar-refractivity contribution < 1.29 is 19.6 Å². The molecule has 6 nitrogen and oxygen atoms in total. The first-order valence-electron chi connectivity index (χ1n) is 8.08. The zero-order valence-corrected chi connectivity index (χ0v) is 14.1. The first kappa shape index (κ1) is 17.0. The maximum atomic E-state index is 11.3. The van der Waals surface area contributed by atoms with E-state index in [-0.39, 0.29) is 22.9 Å². The molecule has 6 heteroatoms. The summed E-state index contributed by atoms with van der Waals surface area (Å²) in [6, 6.07) is 11.7. The molecule has 0 saturated carbocycles. The normalized spacial score (nSPS) is 16.3. The lowest BCUT2D eigenvalue weighted by molar-refractivity contribution is -0.386. The van der Waals surface area contributed by atoms with Crippen molar-refractivity contribution in [1.29, 1.82) is 0 Å². The van der Waals surface area contributed by atoms with Crippen molar-refractivity contribution >= 4 is 11.7 Å². The summed E-state index contributed by atoms with van der Waals surface area (Å²) in [6.45, 7) is 3.77. The van der Waals surface area contributed by atoms with Crippen molar-refractivity contribution in [2.75, 3.05) is 0 Å². The lowest BCUT2D eigenvalue weighted by Gasteiger charge is -2.33. The first-order chi connectivity index (χ1) is 11.8. The Labute approximate surface area is 145 Å². The van der Waals surface area contributed by atoms with Gasteiger partial charge in [0.05, 0.1) is 10.5 Å². The van der Waals surface area contributed by atoms with Gasteiger partial charge in [-0.2, -0.15) is 0 Å². The topological polar surface area (TPSA) is 89.7 Å². The first-order valence-corrected chi connectivity index (χ1v) is 8.08.